The highest BCUT2D eigenvalue weighted by Gasteiger charge is 2.33. The summed E-state index contributed by atoms with van der Waals surface area (Å²) in [6.07, 6.45) is 8.88. The van der Waals surface area contributed by atoms with Crippen molar-refractivity contribution in [3.8, 4) is 0 Å². The highest BCUT2D eigenvalue weighted by molar-refractivity contribution is 6.00. The summed E-state index contributed by atoms with van der Waals surface area (Å²) in [5, 5.41) is 2.40. The lowest BCUT2D eigenvalue weighted by Gasteiger charge is -2.38. The molecule has 206 valence electrons. The third-order valence-electron chi connectivity index (χ3n) is 9.45. The van der Waals surface area contributed by atoms with Gasteiger partial charge in [0.2, 0.25) is 11.8 Å². The van der Waals surface area contributed by atoms with E-state index in [1.165, 1.54) is 64.8 Å². The van der Waals surface area contributed by atoms with Gasteiger partial charge < -0.3 is 14.7 Å². The van der Waals surface area contributed by atoms with Crippen molar-refractivity contribution in [1.29, 1.82) is 0 Å². The SMILES string of the molecule is Cn1c(=O)n(C2CCC(=O)NC2=O)c2cccc(N3CC[C@@H](CN4CCN(CC5CCCCC5)CC4)C3)c21. The van der Waals surface area contributed by atoms with E-state index >= 15 is 0 Å². The minimum atomic E-state index is -0.651. The van der Waals surface area contributed by atoms with Crippen LogP contribution in [-0.4, -0.2) is 83.1 Å². The van der Waals surface area contributed by atoms with E-state index < -0.39 is 6.04 Å². The minimum absolute atomic E-state index is 0.205. The Morgan fingerprint density at radius 1 is 0.842 bits per heavy atom. The summed E-state index contributed by atoms with van der Waals surface area (Å²) in [5.74, 6) is 0.877. The molecule has 4 aliphatic rings. The number of amides is 2. The highest BCUT2D eigenvalue weighted by Crippen LogP contribution is 2.33. The molecule has 9 heteroatoms. The molecule has 9 nitrogen and oxygen atoms in total. The Morgan fingerprint density at radius 3 is 2.26 bits per heavy atom. The molecule has 1 unspecified atom stereocenters. The van der Waals surface area contributed by atoms with Crippen molar-refractivity contribution in [1.82, 2.24) is 24.3 Å². The van der Waals surface area contributed by atoms with Crippen molar-refractivity contribution in [3.63, 3.8) is 0 Å². The van der Waals surface area contributed by atoms with Gasteiger partial charge in [-0.25, -0.2) is 4.79 Å². The van der Waals surface area contributed by atoms with Gasteiger partial charge in [0.05, 0.1) is 16.7 Å². The summed E-state index contributed by atoms with van der Waals surface area (Å²) in [4.78, 5) is 45.3. The summed E-state index contributed by atoms with van der Waals surface area (Å²) in [6.45, 7) is 9.13. The molecule has 1 aliphatic carbocycles. The molecule has 3 aliphatic heterocycles. The minimum Gasteiger partial charge on any atom is -0.369 e. The lowest BCUT2D eigenvalue weighted by Crippen LogP contribution is -2.49. The molecule has 0 spiro atoms. The zero-order chi connectivity index (χ0) is 26.2. The summed E-state index contributed by atoms with van der Waals surface area (Å²) in [6, 6.07) is 5.35. The van der Waals surface area contributed by atoms with Gasteiger partial charge in [-0.05, 0) is 49.7 Å². The molecule has 2 atom stereocenters. The van der Waals surface area contributed by atoms with Gasteiger partial charge in [-0.3, -0.25) is 24.0 Å². The summed E-state index contributed by atoms with van der Waals surface area (Å²) < 4.78 is 3.26. The second-order valence-electron chi connectivity index (χ2n) is 12.0. The maximum absolute atomic E-state index is 13.3. The number of imidazole rings is 1. The largest absolute Gasteiger partial charge is 0.369 e. The Kier molecular flexibility index (Phi) is 7.31. The number of benzene rings is 1. The first kappa shape index (κ1) is 25.6. The number of piperazine rings is 1. The lowest BCUT2D eigenvalue weighted by molar-refractivity contribution is -0.135. The van der Waals surface area contributed by atoms with E-state index in [9.17, 15) is 14.4 Å². The number of fused-ring (bicyclic) bond motifs is 1. The number of anilines is 1. The molecule has 0 radical (unpaired) electrons. The molecule has 1 aromatic heterocycles. The van der Waals surface area contributed by atoms with Gasteiger partial charge in [-0.2, -0.15) is 0 Å². The Balaban J connectivity index is 1.10. The average molecular weight is 523 g/mol. The van der Waals surface area contributed by atoms with Gasteiger partial charge >= 0.3 is 5.69 Å². The first-order chi connectivity index (χ1) is 18.5. The number of nitrogens with zero attached hydrogens (tertiary/aromatic N) is 5. The van der Waals surface area contributed by atoms with E-state index in [2.05, 4.69) is 26.1 Å². The topological polar surface area (TPSA) is 82.8 Å². The summed E-state index contributed by atoms with van der Waals surface area (Å²) >= 11 is 0. The quantitative estimate of drug-likeness (QED) is 0.587. The van der Waals surface area contributed by atoms with Crippen LogP contribution in [0, 0.1) is 11.8 Å². The number of para-hydroxylation sites is 1. The van der Waals surface area contributed by atoms with Crippen LogP contribution in [0.25, 0.3) is 11.0 Å². The summed E-state index contributed by atoms with van der Waals surface area (Å²) in [5.41, 5.74) is 2.50. The third-order valence-corrected chi connectivity index (χ3v) is 9.45. The molecule has 38 heavy (non-hydrogen) atoms. The number of aromatic nitrogens is 2. The monoisotopic (exact) mass is 522 g/mol. The molecule has 0 bridgehead atoms. The number of imide groups is 1. The molecule has 2 amide bonds. The van der Waals surface area contributed by atoms with Crippen LogP contribution >= 0.6 is 0 Å². The van der Waals surface area contributed by atoms with Crippen LogP contribution in [0.15, 0.2) is 23.0 Å². The first-order valence-corrected chi connectivity index (χ1v) is 14.7. The second kappa shape index (κ2) is 10.8. The van der Waals surface area contributed by atoms with Crippen molar-refractivity contribution < 1.29 is 9.59 Å². The molecule has 6 rings (SSSR count). The molecule has 1 saturated carbocycles. The van der Waals surface area contributed by atoms with Crippen molar-refractivity contribution in [2.45, 2.75) is 57.4 Å². The number of hydrogen-bond donors (Lipinski definition) is 1. The smallest absolute Gasteiger partial charge is 0.329 e. The van der Waals surface area contributed by atoms with E-state index in [0.717, 1.165) is 48.7 Å². The molecule has 1 N–H and O–H groups in total. The van der Waals surface area contributed by atoms with E-state index in [-0.39, 0.29) is 23.9 Å². The van der Waals surface area contributed by atoms with Gasteiger partial charge in [0, 0.05) is 65.8 Å². The number of rotatable bonds is 6. The molecule has 4 heterocycles. The molecular weight excluding hydrogens is 480 g/mol. The number of aryl methyl sites for hydroxylation is 1. The molecule has 4 fully saturated rings. The van der Waals surface area contributed by atoms with Gasteiger partial charge in [0.15, 0.2) is 0 Å². The van der Waals surface area contributed by atoms with Gasteiger partial charge in [-0.1, -0.05) is 25.3 Å². The molecule has 3 saturated heterocycles. The van der Waals surface area contributed by atoms with E-state index in [4.69, 9.17) is 0 Å². The van der Waals surface area contributed by atoms with E-state index in [1.54, 1.807) is 16.2 Å². The second-order valence-corrected chi connectivity index (χ2v) is 12.0. The molecular formula is C29H42N6O3. The standard InChI is InChI=1S/C29H42N6O3/c1-31-27-23(8-5-9-24(27)35(29(31)38)25-10-11-26(36)30-28(25)37)34-13-12-22(20-34)19-33-16-14-32(15-17-33)18-21-6-3-2-4-7-21/h5,8-9,21-22,25H,2-4,6-7,10-20H2,1H3,(H,30,36,37)/t22-,25?/m0/s1. The van der Waals surface area contributed by atoms with Gasteiger partial charge in [0.25, 0.3) is 0 Å². The zero-order valence-corrected chi connectivity index (χ0v) is 22.7. The first-order valence-electron chi connectivity index (χ1n) is 14.7. The van der Waals surface area contributed by atoms with Gasteiger partial charge in [0.1, 0.15) is 6.04 Å². The maximum Gasteiger partial charge on any atom is 0.329 e. The highest BCUT2D eigenvalue weighted by atomic mass is 16.2. The lowest BCUT2D eigenvalue weighted by atomic mass is 9.89. The van der Waals surface area contributed by atoms with Crippen LogP contribution in [-0.2, 0) is 16.6 Å². The molecule has 1 aromatic carbocycles. The normalized spacial score (nSPS) is 26.4. The predicted octanol–water partition coefficient (Wildman–Crippen LogP) is 2.34. The van der Waals surface area contributed by atoms with E-state index in [0.29, 0.717) is 12.3 Å². The maximum atomic E-state index is 13.3. The number of piperidine rings is 1. The Morgan fingerprint density at radius 2 is 1.55 bits per heavy atom. The van der Waals surface area contributed by atoms with Crippen LogP contribution in [0.4, 0.5) is 5.69 Å². The molecule has 2 aromatic rings. The fraction of sp³-hybridized carbons (Fsp3) is 0.690. The van der Waals surface area contributed by atoms with Crippen LogP contribution in [0.3, 0.4) is 0 Å². The number of nitrogens with one attached hydrogen (secondary N) is 1. The summed E-state index contributed by atoms with van der Waals surface area (Å²) in [7, 11) is 1.79. The average Bonchev–Trinajstić information content (AvgIpc) is 3.48. The van der Waals surface area contributed by atoms with Crippen LogP contribution in [0.1, 0.15) is 57.4 Å². The Hall–Kier alpha value is -2.65. The predicted molar refractivity (Wildman–Crippen MR) is 148 cm³/mol. The van der Waals surface area contributed by atoms with E-state index in [1.807, 2.05) is 12.1 Å². The van der Waals surface area contributed by atoms with Gasteiger partial charge in [-0.15, -0.1) is 0 Å². The van der Waals surface area contributed by atoms with Crippen molar-refractivity contribution >= 4 is 28.5 Å². The fourth-order valence-corrected chi connectivity index (χ4v) is 7.36. The fourth-order valence-electron chi connectivity index (χ4n) is 7.36. The number of carbonyl (C=O) groups is 2. The van der Waals surface area contributed by atoms with Crippen LogP contribution < -0.4 is 15.9 Å². The number of carbonyl (C=O) groups excluding carboxylic acids is 2. The third kappa shape index (κ3) is 5.02. The van der Waals surface area contributed by atoms with Crippen molar-refractivity contribution in [2.24, 2.45) is 18.9 Å². The Bertz CT molecular complexity index is 1240. The van der Waals surface area contributed by atoms with Crippen LogP contribution in [0.5, 0.6) is 0 Å². The van der Waals surface area contributed by atoms with Crippen molar-refractivity contribution in [2.75, 3.05) is 57.3 Å². The van der Waals surface area contributed by atoms with Crippen molar-refractivity contribution in [3.05, 3.63) is 28.7 Å². The number of hydrogen-bond acceptors (Lipinski definition) is 6. The zero-order valence-electron chi connectivity index (χ0n) is 22.7. The van der Waals surface area contributed by atoms with Crippen LogP contribution in [0.2, 0.25) is 0 Å². The Labute approximate surface area is 224 Å².